The molecule has 20 heavy (non-hydrogen) atoms. The van der Waals surface area contributed by atoms with Crippen LogP contribution in [0.4, 0.5) is 4.39 Å². The van der Waals surface area contributed by atoms with Crippen LogP contribution in [0.1, 0.15) is 17.3 Å². The highest BCUT2D eigenvalue weighted by atomic mass is 32.2. The smallest absolute Gasteiger partial charge is 0.340 e. The van der Waals surface area contributed by atoms with Gasteiger partial charge in [0.15, 0.2) is 0 Å². The van der Waals surface area contributed by atoms with Gasteiger partial charge in [-0.1, -0.05) is 0 Å². The van der Waals surface area contributed by atoms with Gasteiger partial charge in [-0.3, -0.25) is 4.79 Å². The van der Waals surface area contributed by atoms with Crippen LogP contribution in [0, 0.1) is 5.82 Å². The second-order valence-electron chi connectivity index (χ2n) is 3.81. The third kappa shape index (κ3) is 3.52. The lowest BCUT2D eigenvalue weighted by atomic mass is 10.2. The molecule has 0 heterocycles. The fourth-order valence-corrected chi connectivity index (χ4v) is 2.50. The molecule has 0 fully saturated rings. The molecule has 0 aliphatic carbocycles. The third-order valence-corrected chi connectivity index (χ3v) is 3.90. The molecule has 0 aliphatic heterocycles. The summed E-state index contributed by atoms with van der Waals surface area (Å²) >= 11 is 0. The number of benzene rings is 1. The molecule has 0 spiro atoms. The topological polar surface area (TPSA) is 110 Å². The van der Waals surface area contributed by atoms with Gasteiger partial charge in [-0.05, 0) is 25.1 Å². The molecule has 0 amide bonds. The molecule has 1 atom stereocenters. The van der Waals surface area contributed by atoms with Crippen molar-refractivity contribution < 1.29 is 32.2 Å². The van der Waals surface area contributed by atoms with Crippen LogP contribution in [-0.2, 0) is 19.6 Å². The molecule has 1 rings (SSSR count). The summed E-state index contributed by atoms with van der Waals surface area (Å²) in [5.41, 5.74) is -0.419. The minimum atomic E-state index is -4.20. The summed E-state index contributed by atoms with van der Waals surface area (Å²) in [5.74, 6) is -3.40. The number of ether oxygens (including phenoxy) is 1. The van der Waals surface area contributed by atoms with E-state index in [-0.39, 0.29) is 0 Å². The number of carbonyl (C=O) groups is 2. The minimum absolute atomic E-state index is 0.419. The summed E-state index contributed by atoms with van der Waals surface area (Å²) in [6.45, 7) is 1.12. The molecule has 110 valence electrons. The van der Waals surface area contributed by atoms with Crippen molar-refractivity contribution in [2.24, 2.45) is 0 Å². The second-order valence-corrected chi connectivity index (χ2v) is 5.53. The van der Waals surface area contributed by atoms with Crippen molar-refractivity contribution in [2.45, 2.75) is 17.9 Å². The maximum absolute atomic E-state index is 13.6. The van der Waals surface area contributed by atoms with Crippen LogP contribution < -0.4 is 4.72 Å². The summed E-state index contributed by atoms with van der Waals surface area (Å²) < 4.78 is 43.4. The van der Waals surface area contributed by atoms with E-state index in [2.05, 4.69) is 4.74 Å². The van der Waals surface area contributed by atoms with Crippen LogP contribution >= 0.6 is 0 Å². The highest BCUT2D eigenvalue weighted by molar-refractivity contribution is 7.89. The van der Waals surface area contributed by atoms with E-state index in [9.17, 15) is 22.4 Å². The molecule has 1 aromatic carbocycles. The Bertz CT molecular complexity index is 642. The Hall–Kier alpha value is -2.00. The molecule has 0 aromatic heterocycles. The van der Waals surface area contributed by atoms with Gasteiger partial charge in [-0.15, -0.1) is 0 Å². The SMILES string of the molecule is COC(=O)c1ccc(S(=O)(=O)N[C@H](C)C(=O)O)cc1F. The van der Waals surface area contributed by atoms with Crippen LogP contribution in [0.15, 0.2) is 23.1 Å². The number of carbonyl (C=O) groups excluding carboxylic acids is 1. The van der Waals surface area contributed by atoms with E-state index in [1.807, 2.05) is 4.72 Å². The molecule has 0 bridgehead atoms. The van der Waals surface area contributed by atoms with E-state index < -0.39 is 44.3 Å². The molecule has 0 saturated heterocycles. The molecule has 1 aromatic rings. The third-order valence-electron chi connectivity index (χ3n) is 2.36. The first-order chi connectivity index (χ1) is 9.19. The first-order valence-corrected chi connectivity index (χ1v) is 6.80. The summed E-state index contributed by atoms with van der Waals surface area (Å²) in [6.07, 6.45) is 0. The Labute approximate surface area is 114 Å². The van der Waals surface area contributed by atoms with Crippen molar-refractivity contribution in [1.82, 2.24) is 4.72 Å². The highest BCUT2D eigenvalue weighted by Gasteiger charge is 2.23. The Morgan fingerprint density at radius 3 is 2.45 bits per heavy atom. The maximum atomic E-state index is 13.6. The lowest BCUT2D eigenvalue weighted by molar-refractivity contribution is -0.138. The Balaban J connectivity index is 3.12. The molecule has 0 aliphatic rings. The van der Waals surface area contributed by atoms with E-state index in [0.29, 0.717) is 6.07 Å². The van der Waals surface area contributed by atoms with E-state index in [1.165, 1.54) is 0 Å². The van der Waals surface area contributed by atoms with Gasteiger partial charge < -0.3 is 9.84 Å². The minimum Gasteiger partial charge on any atom is -0.480 e. The Kier molecular flexibility index (Phi) is 4.79. The average molecular weight is 305 g/mol. The van der Waals surface area contributed by atoms with Gasteiger partial charge in [0.05, 0.1) is 17.6 Å². The second kappa shape index (κ2) is 5.97. The van der Waals surface area contributed by atoms with Gasteiger partial charge in [0.25, 0.3) is 0 Å². The number of aliphatic carboxylic acids is 1. The average Bonchev–Trinajstić information content (AvgIpc) is 2.37. The van der Waals surface area contributed by atoms with Gasteiger partial charge in [-0.2, -0.15) is 4.72 Å². The number of sulfonamides is 1. The molecule has 0 saturated carbocycles. The molecule has 0 radical (unpaired) electrons. The molecule has 0 unspecified atom stereocenters. The summed E-state index contributed by atoms with van der Waals surface area (Å²) in [7, 11) is -3.14. The number of esters is 1. The lowest BCUT2D eigenvalue weighted by Crippen LogP contribution is -2.38. The molecular formula is C11H12FNO6S. The van der Waals surface area contributed by atoms with Gasteiger partial charge in [0.1, 0.15) is 11.9 Å². The van der Waals surface area contributed by atoms with Crippen molar-refractivity contribution in [3.63, 3.8) is 0 Å². The van der Waals surface area contributed by atoms with E-state index in [4.69, 9.17) is 5.11 Å². The number of carboxylic acids is 1. The van der Waals surface area contributed by atoms with E-state index in [1.54, 1.807) is 0 Å². The summed E-state index contributed by atoms with van der Waals surface area (Å²) in [4.78, 5) is 21.3. The van der Waals surface area contributed by atoms with Crippen LogP contribution in [0.2, 0.25) is 0 Å². The molecule has 9 heteroatoms. The number of carboxylic acid groups (broad SMARTS) is 1. The predicted octanol–water partition coefficient (Wildman–Crippen LogP) is 0.364. The van der Waals surface area contributed by atoms with Crippen molar-refractivity contribution in [1.29, 1.82) is 0 Å². The van der Waals surface area contributed by atoms with Crippen LogP contribution in [0.25, 0.3) is 0 Å². The summed E-state index contributed by atoms with van der Waals surface area (Å²) in [6, 6.07) is 1.17. The maximum Gasteiger partial charge on any atom is 0.340 e. The lowest BCUT2D eigenvalue weighted by Gasteiger charge is -2.11. The van der Waals surface area contributed by atoms with Crippen LogP contribution in [0.5, 0.6) is 0 Å². The van der Waals surface area contributed by atoms with Crippen molar-refractivity contribution in [3.8, 4) is 0 Å². The number of hydrogen-bond donors (Lipinski definition) is 2. The Morgan fingerprint density at radius 2 is 2.00 bits per heavy atom. The van der Waals surface area contributed by atoms with Gasteiger partial charge in [0, 0.05) is 0 Å². The van der Waals surface area contributed by atoms with Crippen LogP contribution in [-0.4, -0.2) is 38.6 Å². The van der Waals surface area contributed by atoms with E-state index in [0.717, 1.165) is 26.2 Å². The fraction of sp³-hybridized carbons (Fsp3) is 0.273. The number of methoxy groups -OCH3 is 1. The van der Waals surface area contributed by atoms with Gasteiger partial charge >= 0.3 is 11.9 Å². The Morgan fingerprint density at radius 1 is 1.40 bits per heavy atom. The zero-order valence-electron chi connectivity index (χ0n) is 10.6. The molecular weight excluding hydrogens is 293 g/mol. The quantitative estimate of drug-likeness (QED) is 0.760. The van der Waals surface area contributed by atoms with Gasteiger partial charge in [0.2, 0.25) is 10.0 Å². The number of hydrogen-bond acceptors (Lipinski definition) is 5. The molecule has 7 nitrogen and oxygen atoms in total. The number of nitrogens with one attached hydrogen (secondary N) is 1. The first kappa shape index (κ1) is 16.1. The number of halogens is 1. The monoisotopic (exact) mass is 305 g/mol. The van der Waals surface area contributed by atoms with Gasteiger partial charge in [-0.25, -0.2) is 17.6 Å². The van der Waals surface area contributed by atoms with Crippen molar-refractivity contribution >= 4 is 22.0 Å². The van der Waals surface area contributed by atoms with Crippen molar-refractivity contribution in [3.05, 3.63) is 29.6 Å². The van der Waals surface area contributed by atoms with E-state index >= 15 is 0 Å². The highest BCUT2D eigenvalue weighted by Crippen LogP contribution is 2.16. The molecule has 2 N–H and O–H groups in total. The zero-order chi connectivity index (χ0) is 15.5. The zero-order valence-corrected chi connectivity index (χ0v) is 11.4. The first-order valence-electron chi connectivity index (χ1n) is 5.32. The fourth-order valence-electron chi connectivity index (χ4n) is 1.29. The predicted molar refractivity (Wildman–Crippen MR) is 65.2 cm³/mol. The van der Waals surface area contributed by atoms with Crippen LogP contribution in [0.3, 0.4) is 0 Å². The van der Waals surface area contributed by atoms with Crippen molar-refractivity contribution in [2.75, 3.05) is 7.11 Å². The largest absolute Gasteiger partial charge is 0.480 e. The standard InChI is InChI=1S/C11H12FNO6S/c1-6(10(14)15)13-20(17,18)7-3-4-8(9(12)5-7)11(16)19-2/h3-6,13H,1-2H3,(H,14,15)/t6-/m1/s1. The summed E-state index contributed by atoms with van der Waals surface area (Å²) in [5, 5.41) is 8.63. The number of rotatable bonds is 5. The normalized spacial score (nSPS) is 12.8.